The Balaban J connectivity index is 3.11. The Morgan fingerprint density at radius 3 is 1.71 bits per heavy atom. The van der Waals surface area contributed by atoms with Gasteiger partial charge < -0.3 is 23.7 Å². The molecule has 1 aliphatic heterocycles. The van der Waals surface area contributed by atoms with E-state index in [-0.39, 0.29) is 6.61 Å². The van der Waals surface area contributed by atoms with Gasteiger partial charge in [-0.1, -0.05) is 11.6 Å². The first-order valence-corrected chi connectivity index (χ1v) is 7.50. The van der Waals surface area contributed by atoms with Crippen LogP contribution in [0.2, 0.25) is 0 Å². The van der Waals surface area contributed by atoms with Gasteiger partial charge in [0.2, 0.25) is 0 Å². The molecule has 136 valence electrons. The Labute approximate surface area is 143 Å². The van der Waals surface area contributed by atoms with E-state index in [1.165, 1.54) is 6.92 Å². The van der Waals surface area contributed by atoms with Gasteiger partial charge in [0.05, 0.1) is 0 Å². The number of esters is 4. The Hall–Kier alpha value is -1.87. The summed E-state index contributed by atoms with van der Waals surface area (Å²) in [6, 6.07) is 0. The van der Waals surface area contributed by atoms with Crippen LogP contribution < -0.4 is 0 Å². The summed E-state index contributed by atoms with van der Waals surface area (Å²) < 4.78 is 25.6. The van der Waals surface area contributed by atoms with Gasteiger partial charge in [-0.05, 0) is 0 Å². The molecule has 3 unspecified atom stereocenters. The zero-order valence-electron chi connectivity index (χ0n) is 13.6. The molecule has 0 spiro atoms. The Bertz CT molecular complexity index is 506. The molecule has 10 heteroatoms. The third-order valence-electron chi connectivity index (χ3n) is 2.93. The molecule has 0 aliphatic carbocycles. The summed E-state index contributed by atoms with van der Waals surface area (Å²) in [5.74, 6) is -2.67. The van der Waals surface area contributed by atoms with Crippen molar-refractivity contribution in [3.63, 3.8) is 0 Å². The van der Waals surface area contributed by atoms with E-state index in [4.69, 9.17) is 35.3 Å². The van der Waals surface area contributed by atoms with E-state index in [9.17, 15) is 19.2 Å². The van der Waals surface area contributed by atoms with E-state index >= 15 is 0 Å². The first-order chi connectivity index (χ1) is 11.1. The second-order valence-corrected chi connectivity index (χ2v) is 5.48. The van der Waals surface area contributed by atoms with E-state index in [0.29, 0.717) is 0 Å². The fourth-order valence-electron chi connectivity index (χ4n) is 2.18. The molecule has 0 aromatic rings. The SMILES string of the molecule is CC(=O)OCC1O[C@H](Cl)C(OC(C)=O)C(OC(C)=O)[C@H]1OC(C)=O. The summed E-state index contributed by atoms with van der Waals surface area (Å²) >= 11 is 6.05. The highest BCUT2D eigenvalue weighted by Gasteiger charge is 2.51. The zero-order valence-corrected chi connectivity index (χ0v) is 14.4. The third kappa shape index (κ3) is 5.97. The second kappa shape index (κ2) is 8.84. The molecule has 0 saturated carbocycles. The average Bonchev–Trinajstić information content (AvgIpc) is 2.42. The van der Waals surface area contributed by atoms with Crippen molar-refractivity contribution in [1.82, 2.24) is 0 Å². The maximum atomic E-state index is 11.4. The normalized spacial score (nSPS) is 29.3. The highest BCUT2D eigenvalue weighted by atomic mass is 35.5. The number of carbonyl (C=O) groups excluding carboxylic acids is 4. The number of halogens is 1. The van der Waals surface area contributed by atoms with Gasteiger partial charge >= 0.3 is 23.9 Å². The molecule has 1 heterocycles. The molecule has 0 amide bonds. The van der Waals surface area contributed by atoms with Gasteiger partial charge in [-0.25, -0.2) is 0 Å². The molecule has 1 aliphatic rings. The van der Waals surface area contributed by atoms with Crippen LogP contribution in [0.15, 0.2) is 0 Å². The minimum atomic E-state index is -1.22. The predicted molar refractivity (Wildman–Crippen MR) is 77.8 cm³/mol. The van der Waals surface area contributed by atoms with Crippen LogP contribution in [0.4, 0.5) is 0 Å². The second-order valence-electron chi connectivity index (χ2n) is 5.05. The number of ether oxygens (including phenoxy) is 5. The molecule has 0 bridgehead atoms. The monoisotopic (exact) mass is 366 g/mol. The molecule has 9 nitrogen and oxygen atoms in total. The van der Waals surface area contributed by atoms with Crippen molar-refractivity contribution in [3.8, 4) is 0 Å². The van der Waals surface area contributed by atoms with E-state index in [1.54, 1.807) is 0 Å². The van der Waals surface area contributed by atoms with Gasteiger partial charge in [0.15, 0.2) is 23.9 Å². The molecule has 1 fully saturated rings. The van der Waals surface area contributed by atoms with Crippen molar-refractivity contribution in [1.29, 1.82) is 0 Å². The number of rotatable bonds is 5. The van der Waals surface area contributed by atoms with Gasteiger partial charge in [0.25, 0.3) is 0 Å². The quantitative estimate of drug-likeness (QED) is 0.385. The van der Waals surface area contributed by atoms with Gasteiger partial charge in [0, 0.05) is 27.7 Å². The largest absolute Gasteiger partial charge is 0.463 e. The summed E-state index contributed by atoms with van der Waals surface area (Å²) in [4.78, 5) is 45.0. The van der Waals surface area contributed by atoms with E-state index < -0.39 is 53.9 Å². The maximum absolute atomic E-state index is 11.4. The number of hydrogen-bond donors (Lipinski definition) is 0. The Kier molecular flexibility index (Phi) is 7.43. The van der Waals surface area contributed by atoms with Crippen molar-refractivity contribution in [2.45, 2.75) is 57.7 Å². The number of carbonyl (C=O) groups is 4. The molecule has 1 rings (SSSR count). The third-order valence-corrected chi connectivity index (χ3v) is 3.29. The van der Waals surface area contributed by atoms with Crippen molar-refractivity contribution in [2.75, 3.05) is 6.61 Å². The lowest BCUT2D eigenvalue weighted by atomic mass is 9.99. The highest BCUT2D eigenvalue weighted by Crippen LogP contribution is 2.30. The topological polar surface area (TPSA) is 114 Å². The molecule has 0 aromatic carbocycles. The molecule has 5 atom stereocenters. The van der Waals surface area contributed by atoms with Crippen LogP contribution in [0.1, 0.15) is 27.7 Å². The van der Waals surface area contributed by atoms with Crippen LogP contribution in [0.5, 0.6) is 0 Å². The van der Waals surface area contributed by atoms with Crippen LogP contribution in [0, 0.1) is 0 Å². The van der Waals surface area contributed by atoms with Gasteiger partial charge in [-0.3, -0.25) is 19.2 Å². The van der Waals surface area contributed by atoms with E-state index in [2.05, 4.69) is 0 Å². The molecule has 24 heavy (non-hydrogen) atoms. The zero-order chi connectivity index (χ0) is 18.4. The molecule has 1 saturated heterocycles. The molecule has 0 radical (unpaired) electrons. The average molecular weight is 367 g/mol. The van der Waals surface area contributed by atoms with Crippen LogP contribution in [0.3, 0.4) is 0 Å². The van der Waals surface area contributed by atoms with Crippen molar-refractivity contribution in [3.05, 3.63) is 0 Å². The fraction of sp³-hybridized carbons (Fsp3) is 0.714. The van der Waals surface area contributed by atoms with E-state index in [0.717, 1.165) is 20.8 Å². The first kappa shape index (κ1) is 20.2. The lowest BCUT2D eigenvalue weighted by Gasteiger charge is -2.42. The summed E-state index contributed by atoms with van der Waals surface area (Å²) in [5, 5.41) is 0. The summed E-state index contributed by atoms with van der Waals surface area (Å²) in [6.45, 7) is 4.31. The summed E-state index contributed by atoms with van der Waals surface area (Å²) in [7, 11) is 0. The van der Waals surface area contributed by atoms with Crippen molar-refractivity contribution in [2.24, 2.45) is 0 Å². The Morgan fingerprint density at radius 1 is 0.792 bits per heavy atom. The van der Waals surface area contributed by atoms with Gasteiger partial charge in [0.1, 0.15) is 12.7 Å². The summed E-state index contributed by atoms with van der Waals surface area (Å²) in [5.41, 5.74) is -1.20. The Morgan fingerprint density at radius 2 is 1.25 bits per heavy atom. The van der Waals surface area contributed by atoms with Crippen LogP contribution >= 0.6 is 11.6 Å². The number of alkyl halides is 1. The molecule has 0 N–H and O–H groups in total. The fourth-order valence-corrected chi connectivity index (χ4v) is 2.50. The maximum Gasteiger partial charge on any atom is 0.303 e. The van der Waals surface area contributed by atoms with Crippen LogP contribution in [0.25, 0.3) is 0 Å². The van der Waals surface area contributed by atoms with Gasteiger partial charge in [-0.2, -0.15) is 0 Å². The van der Waals surface area contributed by atoms with Crippen molar-refractivity contribution >= 4 is 35.5 Å². The minimum absolute atomic E-state index is 0.291. The minimum Gasteiger partial charge on any atom is -0.463 e. The van der Waals surface area contributed by atoms with Crippen molar-refractivity contribution < 1.29 is 42.9 Å². The molecule has 0 aromatic heterocycles. The smallest absolute Gasteiger partial charge is 0.303 e. The lowest BCUT2D eigenvalue weighted by molar-refractivity contribution is -0.238. The standard InChI is InChI=1S/C14H19ClO9/c1-6(16)20-5-10-11(21-7(2)17)12(22-8(3)18)13(14(15)24-10)23-9(4)19/h10-14H,5H2,1-4H3/t10?,11-,12?,13?,14-/m0/s1. The predicted octanol–water partition coefficient (Wildman–Crippen LogP) is 0.308. The number of hydrogen-bond acceptors (Lipinski definition) is 9. The lowest BCUT2D eigenvalue weighted by Crippen LogP contribution is -2.61. The molecular weight excluding hydrogens is 348 g/mol. The van der Waals surface area contributed by atoms with Gasteiger partial charge in [-0.15, -0.1) is 0 Å². The highest BCUT2D eigenvalue weighted by molar-refractivity contribution is 6.20. The first-order valence-electron chi connectivity index (χ1n) is 7.06. The van der Waals surface area contributed by atoms with E-state index in [1.807, 2.05) is 0 Å². The van der Waals surface area contributed by atoms with Crippen LogP contribution in [-0.2, 0) is 42.9 Å². The molecular formula is C14H19ClO9. The van der Waals surface area contributed by atoms with Crippen LogP contribution in [-0.4, -0.2) is 60.5 Å². The summed E-state index contributed by atoms with van der Waals surface area (Å²) in [6.07, 6.45) is -4.60.